The highest BCUT2D eigenvalue weighted by Crippen LogP contribution is 2.35. The van der Waals surface area contributed by atoms with Crippen molar-refractivity contribution < 1.29 is 14.4 Å². The van der Waals surface area contributed by atoms with Gasteiger partial charge in [0.15, 0.2) is 0 Å². The van der Waals surface area contributed by atoms with E-state index in [1.165, 1.54) is 0 Å². The molecule has 0 aromatic carbocycles. The van der Waals surface area contributed by atoms with Crippen molar-refractivity contribution >= 4 is 11.7 Å². The lowest BCUT2D eigenvalue weighted by Crippen LogP contribution is -2.27. The minimum Gasteiger partial charge on any atom is -0.395 e. The molecule has 2 heterocycles. The number of hydrogen-bond acceptors (Lipinski definition) is 6. The summed E-state index contributed by atoms with van der Waals surface area (Å²) in [7, 11) is 5.64. The molecule has 0 bridgehead atoms. The van der Waals surface area contributed by atoms with Gasteiger partial charge >= 0.3 is 0 Å². The van der Waals surface area contributed by atoms with Crippen LogP contribution in [-0.2, 0) is 7.05 Å². The zero-order valence-corrected chi connectivity index (χ0v) is 13.5. The predicted octanol–water partition coefficient (Wildman–Crippen LogP) is 0.480. The topological polar surface area (TPSA) is 96.4 Å². The van der Waals surface area contributed by atoms with Gasteiger partial charge in [-0.2, -0.15) is 5.10 Å². The second-order valence-electron chi connectivity index (χ2n) is 5.24. The van der Waals surface area contributed by atoms with E-state index in [-0.39, 0.29) is 19.1 Å². The summed E-state index contributed by atoms with van der Waals surface area (Å²) in [6.45, 7) is 3.60. The van der Waals surface area contributed by atoms with Gasteiger partial charge in [0.05, 0.1) is 17.9 Å². The molecule has 0 saturated carbocycles. The van der Waals surface area contributed by atoms with E-state index in [4.69, 9.17) is 9.63 Å². The van der Waals surface area contributed by atoms with Gasteiger partial charge in [0.1, 0.15) is 22.8 Å². The zero-order valence-electron chi connectivity index (χ0n) is 13.5. The lowest BCUT2D eigenvalue weighted by atomic mass is 10.1. The van der Waals surface area contributed by atoms with Crippen molar-refractivity contribution in [3.8, 4) is 11.3 Å². The molecule has 0 aliphatic heterocycles. The van der Waals surface area contributed by atoms with E-state index in [0.29, 0.717) is 17.0 Å². The minimum absolute atomic E-state index is 0.125. The van der Waals surface area contributed by atoms with Crippen LogP contribution in [-0.4, -0.2) is 53.2 Å². The van der Waals surface area contributed by atoms with E-state index >= 15 is 0 Å². The van der Waals surface area contributed by atoms with Crippen LogP contribution < -0.4 is 10.2 Å². The molecule has 22 heavy (non-hydrogen) atoms. The van der Waals surface area contributed by atoms with Crippen molar-refractivity contribution in [2.24, 2.45) is 7.05 Å². The minimum atomic E-state index is -0.323. The molecule has 1 amide bonds. The molecule has 2 aromatic rings. The molecule has 2 rings (SSSR count). The maximum Gasteiger partial charge on any atom is 0.257 e. The summed E-state index contributed by atoms with van der Waals surface area (Å²) < 4.78 is 6.96. The molecule has 8 heteroatoms. The highest BCUT2D eigenvalue weighted by atomic mass is 16.5. The first-order valence-corrected chi connectivity index (χ1v) is 6.95. The van der Waals surface area contributed by atoms with Crippen molar-refractivity contribution in [1.82, 2.24) is 20.3 Å². The van der Waals surface area contributed by atoms with Crippen LogP contribution in [0.4, 0.5) is 5.82 Å². The molecular weight excluding hydrogens is 286 g/mol. The van der Waals surface area contributed by atoms with Crippen LogP contribution in [0.3, 0.4) is 0 Å². The fraction of sp³-hybridized carbons (Fsp3) is 0.500. The number of aliphatic hydroxyl groups excluding tert-OH is 1. The Morgan fingerprint density at radius 3 is 2.68 bits per heavy atom. The smallest absolute Gasteiger partial charge is 0.257 e. The molecule has 0 fully saturated rings. The summed E-state index contributed by atoms with van der Waals surface area (Å²) in [5.41, 5.74) is 2.35. The van der Waals surface area contributed by atoms with Crippen LogP contribution in [0.25, 0.3) is 11.3 Å². The Balaban J connectivity index is 2.58. The fourth-order valence-electron chi connectivity index (χ4n) is 2.50. The normalized spacial score (nSPS) is 10.8. The van der Waals surface area contributed by atoms with Gasteiger partial charge in [-0.1, -0.05) is 5.16 Å². The van der Waals surface area contributed by atoms with E-state index in [0.717, 1.165) is 17.1 Å². The Kier molecular flexibility index (Phi) is 4.51. The predicted molar refractivity (Wildman–Crippen MR) is 81.9 cm³/mol. The second kappa shape index (κ2) is 6.18. The molecular formula is C14H21N5O3. The number of nitrogens with one attached hydrogen (secondary N) is 1. The van der Waals surface area contributed by atoms with Crippen LogP contribution in [0.2, 0.25) is 0 Å². The molecule has 0 atom stereocenters. The molecule has 0 radical (unpaired) electrons. The van der Waals surface area contributed by atoms with Gasteiger partial charge in [-0.15, -0.1) is 0 Å². The van der Waals surface area contributed by atoms with E-state index in [2.05, 4.69) is 15.6 Å². The summed E-state index contributed by atoms with van der Waals surface area (Å²) in [5, 5.41) is 19.9. The molecule has 0 unspecified atom stereocenters. The zero-order chi connectivity index (χ0) is 16.4. The average molecular weight is 307 g/mol. The SMILES string of the molecule is Cc1nn(C)c(N(C)C)c1-c1noc(C)c1C(=O)NCCO. The average Bonchev–Trinajstić information content (AvgIpc) is 2.95. The first kappa shape index (κ1) is 16.0. The van der Waals surface area contributed by atoms with Gasteiger partial charge in [-0.25, -0.2) is 0 Å². The number of aromatic nitrogens is 3. The molecule has 0 saturated heterocycles. The standard InChI is InChI=1S/C14H21N5O3/c1-8-10(14(18(3)4)19(5)16-8)12-11(9(2)22-17-12)13(21)15-6-7-20/h20H,6-7H2,1-5H3,(H,15,21). The van der Waals surface area contributed by atoms with Crippen molar-refractivity contribution in [3.05, 3.63) is 17.0 Å². The fourth-order valence-corrected chi connectivity index (χ4v) is 2.50. The molecule has 0 spiro atoms. The van der Waals surface area contributed by atoms with Crippen molar-refractivity contribution in [3.63, 3.8) is 0 Å². The van der Waals surface area contributed by atoms with E-state index in [9.17, 15) is 4.79 Å². The number of anilines is 1. The van der Waals surface area contributed by atoms with Crippen LogP contribution in [0.1, 0.15) is 21.8 Å². The van der Waals surface area contributed by atoms with Crippen LogP contribution in [0.5, 0.6) is 0 Å². The summed E-state index contributed by atoms with van der Waals surface area (Å²) in [4.78, 5) is 14.2. The quantitative estimate of drug-likeness (QED) is 0.834. The third kappa shape index (κ3) is 2.69. The number of carbonyl (C=O) groups is 1. The van der Waals surface area contributed by atoms with Gasteiger partial charge in [0, 0.05) is 27.7 Å². The van der Waals surface area contributed by atoms with Crippen molar-refractivity contribution in [2.45, 2.75) is 13.8 Å². The second-order valence-corrected chi connectivity index (χ2v) is 5.24. The number of rotatable bonds is 5. The number of aliphatic hydroxyl groups is 1. The molecule has 120 valence electrons. The molecule has 2 N–H and O–H groups in total. The molecule has 8 nitrogen and oxygen atoms in total. The number of hydrogen-bond donors (Lipinski definition) is 2. The third-order valence-corrected chi connectivity index (χ3v) is 3.34. The molecule has 2 aromatic heterocycles. The largest absolute Gasteiger partial charge is 0.395 e. The van der Waals surface area contributed by atoms with Crippen LogP contribution >= 0.6 is 0 Å². The summed E-state index contributed by atoms with van der Waals surface area (Å²) in [5.74, 6) is 0.941. The third-order valence-electron chi connectivity index (χ3n) is 3.34. The Morgan fingerprint density at radius 2 is 2.09 bits per heavy atom. The molecule has 0 aliphatic carbocycles. The Labute approximate surface area is 128 Å². The highest BCUT2D eigenvalue weighted by molar-refractivity contribution is 6.02. The number of nitrogens with zero attached hydrogens (tertiary/aromatic N) is 4. The van der Waals surface area contributed by atoms with E-state index in [1.54, 1.807) is 11.6 Å². The first-order valence-electron chi connectivity index (χ1n) is 6.95. The first-order chi connectivity index (χ1) is 10.4. The van der Waals surface area contributed by atoms with Crippen LogP contribution in [0, 0.1) is 13.8 Å². The Hall–Kier alpha value is -2.35. The van der Waals surface area contributed by atoms with Crippen molar-refractivity contribution in [1.29, 1.82) is 0 Å². The maximum absolute atomic E-state index is 12.3. The summed E-state index contributed by atoms with van der Waals surface area (Å²) >= 11 is 0. The number of aryl methyl sites for hydroxylation is 3. The summed E-state index contributed by atoms with van der Waals surface area (Å²) in [6, 6.07) is 0. The van der Waals surface area contributed by atoms with Gasteiger partial charge in [-0.05, 0) is 13.8 Å². The maximum atomic E-state index is 12.3. The van der Waals surface area contributed by atoms with Crippen LogP contribution in [0.15, 0.2) is 4.52 Å². The lowest BCUT2D eigenvalue weighted by Gasteiger charge is -2.14. The molecule has 0 aliphatic rings. The van der Waals surface area contributed by atoms with Gasteiger partial charge in [0.2, 0.25) is 0 Å². The van der Waals surface area contributed by atoms with E-state index in [1.807, 2.05) is 33.0 Å². The van der Waals surface area contributed by atoms with Gasteiger partial charge < -0.3 is 19.8 Å². The van der Waals surface area contributed by atoms with Crippen molar-refractivity contribution in [2.75, 3.05) is 32.1 Å². The van der Waals surface area contributed by atoms with Gasteiger partial charge in [-0.3, -0.25) is 9.48 Å². The number of amides is 1. The highest BCUT2D eigenvalue weighted by Gasteiger charge is 2.27. The van der Waals surface area contributed by atoms with Gasteiger partial charge in [0.25, 0.3) is 5.91 Å². The lowest BCUT2D eigenvalue weighted by molar-refractivity contribution is 0.0944. The monoisotopic (exact) mass is 307 g/mol. The Bertz CT molecular complexity index is 687. The van der Waals surface area contributed by atoms with E-state index < -0.39 is 0 Å². The number of carbonyl (C=O) groups excluding carboxylic acids is 1. The Morgan fingerprint density at radius 1 is 1.41 bits per heavy atom. The summed E-state index contributed by atoms with van der Waals surface area (Å²) in [6.07, 6.45) is 0.